The van der Waals surface area contributed by atoms with E-state index in [9.17, 15) is 0 Å². The molecule has 0 bridgehead atoms. The van der Waals surface area contributed by atoms with Gasteiger partial charge in [-0.3, -0.25) is 0 Å². The van der Waals surface area contributed by atoms with Crippen molar-refractivity contribution in [2.45, 2.75) is 32.9 Å². The normalized spacial score (nSPS) is 12.2. The molecule has 3 heteroatoms. The van der Waals surface area contributed by atoms with Crippen LogP contribution < -0.4 is 10.6 Å². The van der Waals surface area contributed by atoms with Crippen LogP contribution in [-0.4, -0.2) is 13.1 Å². The van der Waals surface area contributed by atoms with E-state index in [4.69, 9.17) is 5.73 Å². The van der Waals surface area contributed by atoms with Crippen molar-refractivity contribution in [1.82, 2.24) is 0 Å². The van der Waals surface area contributed by atoms with Gasteiger partial charge in [0.15, 0.2) is 0 Å². The molecule has 1 atom stereocenters. The van der Waals surface area contributed by atoms with Gasteiger partial charge in [-0.1, -0.05) is 45.8 Å². The molecular formula is C18H23BrN2. The summed E-state index contributed by atoms with van der Waals surface area (Å²) in [4.78, 5) is 2.29. The highest BCUT2D eigenvalue weighted by Gasteiger charge is 2.10. The first-order valence-corrected chi connectivity index (χ1v) is 8.05. The first kappa shape index (κ1) is 16.1. The Balaban J connectivity index is 2.21. The van der Waals surface area contributed by atoms with Crippen molar-refractivity contribution < 1.29 is 0 Å². The largest absolute Gasteiger partial charge is 0.370 e. The van der Waals surface area contributed by atoms with Crippen LogP contribution in [0.2, 0.25) is 0 Å². The van der Waals surface area contributed by atoms with E-state index in [1.54, 1.807) is 0 Å². The molecular weight excluding hydrogens is 324 g/mol. The second-order valence-corrected chi connectivity index (χ2v) is 6.71. The van der Waals surface area contributed by atoms with Gasteiger partial charge in [-0.2, -0.15) is 0 Å². The topological polar surface area (TPSA) is 29.3 Å². The molecule has 2 aromatic rings. The summed E-state index contributed by atoms with van der Waals surface area (Å²) in [6.45, 7) is 5.06. The van der Waals surface area contributed by atoms with E-state index < -0.39 is 0 Å². The first-order chi connectivity index (χ1) is 9.95. The van der Waals surface area contributed by atoms with Gasteiger partial charge in [0.2, 0.25) is 0 Å². The lowest BCUT2D eigenvalue weighted by atomic mass is 10.0. The molecule has 112 valence electrons. The van der Waals surface area contributed by atoms with Crippen LogP contribution in [0.4, 0.5) is 5.69 Å². The monoisotopic (exact) mass is 346 g/mol. The molecule has 2 rings (SSSR count). The molecule has 2 aromatic carbocycles. The fraction of sp³-hybridized carbons (Fsp3) is 0.333. The van der Waals surface area contributed by atoms with Crippen molar-refractivity contribution >= 4 is 21.6 Å². The zero-order valence-corrected chi connectivity index (χ0v) is 14.5. The Kier molecular flexibility index (Phi) is 5.43. The minimum absolute atomic E-state index is 0.158. The van der Waals surface area contributed by atoms with Crippen LogP contribution in [0, 0.1) is 6.92 Å². The van der Waals surface area contributed by atoms with Crippen molar-refractivity contribution in [1.29, 1.82) is 0 Å². The Morgan fingerprint density at radius 3 is 2.43 bits per heavy atom. The van der Waals surface area contributed by atoms with Crippen LogP contribution >= 0.6 is 15.9 Å². The third kappa shape index (κ3) is 4.58. The summed E-state index contributed by atoms with van der Waals surface area (Å²) in [5.74, 6) is 0. The van der Waals surface area contributed by atoms with E-state index in [0.717, 1.165) is 17.4 Å². The van der Waals surface area contributed by atoms with Gasteiger partial charge in [-0.05, 0) is 49.6 Å². The van der Waals surface area contributed by atoms with Crippen LogP contribution in [0.1, 0.15) is 23.6 Å². The molecule has 1 unspecified atom stereocenters. The highest BCUT2D eigenvalue weighted by atomic mass is 79.9. The smallest absolute Gasteiger partial charge is 0.0426 e. The second-order valence-electron chi connectivity index (χ2n) is 5.80. The van der Waals surface area contributed by atoms with Crippen molar-refractivity contribution in [3.63, 3.8) is 0 Å². The Bertz CT molecular complexity index is 591. The van der Waals surface area contributed by atoms with Crippen LogP contribution in [0.5, 0.6) is 0 Å². The summed E-state index contributed by atoms with van der Waals surface area (Å²) >= 11 is 3.55. The lowest BCUT2D eigenvalue weighted by Gasteiger charge is -2.24. The number of aryl methyl sites for hydroxylation is 1. The van der Waals surface area contributed by atoms with E-state index in [1.807, 2.05) is 6.92 Å². The molecule has 0 aliphatic carbocycles. The fourth-order valence-corrected chi connectivity index (χ4v) is 2.90. The van der Waals surface area contributed by atoms with Gasteiger partial charge in [-0.15, -0.1) is 0 Å². The Morgan fingerprint density at radius 1 is 1.14 bits per heavy atom. The van der Waals surface area contributed by atoms with Crippen LogP contribution in [0.3, 0.4) is 0 Å². The maximum atomic E-state index is 5.98. The quantitative estimate of drug-likeness (QED) is 0.875. The molecule has 0 saturated heterocycles. The number of hydrogen-bond acceptors (Lipinski definition) is 2. The maximum absolute atomic E-state index is 5.98. The van der Waals surface area contributed by atoms with E-state index in [0.29, 0.717) is 0 Å². The molecule has 0 heterocycles. The van der Waals surface area contributed by atoms with Gasteiger partial charge in [0, 0.05) is 29.8 Å². The number of benzene rings is 2. The number of hydrogen-bond donors (Lipinski definition) is 1. The molecule has 0 amide bonds. The molecule has 0 aliphatic rings. The van der Waals surface area contributed by atoms with Crippen LogP contribution in [0.25, 0.3) is 0 Å². The molecule has 0 saturated carbocycles. The third-order valence-electron chi connectivity index (χ3n) is 3.54. The minimum atomic E-state index is 0.158. The Hall–Kier alpha value is -1.32. The summed E-state index contributed by atoms with van der Waals surface area (Å²) < 4.78 is 1.10. The van der Waals surface area contributed by atoms with Crippen LogP contribution in [-0.2, 0) is 13.0 Å². The second kappa shape index (κ2) is 7.10. The van der Waals surface area contributed by atoms with Crippen LogP contribution in [0.15, 0.2) is 46.9 Å². The summed E-state index contributed by atoms with van der Waals surface area (Å²) in [6, 6.07) is 15.3. The Morgan fingerprint density at radius 2 is 1.81 bits per heavy atom. The molecule has 2 N–H and O–H groups in total. The zero-order chi connectivity index (χ0) is 15.4. The van der Waals surface area contributed by atoms with E-state index in [1.165, 1.54) is 22.4 Å². The SMILES string of the molecule is Cc1ccc(CN(C)c2ccc(Br)cc2CC(C)N)cc1. The average molecular weight is 347 g/mol. The number of nitrogens with two attached hydrogens (primary N) is 1. The molecule has 0 aromatic heterocycles. The van der Waals surface area contributed by atoms with Gasteiger partial charge >= 0.3 is 0 Å². The van der Waals surface area contributed by atoms with Gasteiger partial charge in [0.05, 0.1) is 0 Å². The van der Waals surface area contributed by atoms with Crippen molar-refractivity contribution in [3.8, 4) is 0 Å². The minimum Gasteiger partial charge on any atom is -0.370 e. The lowest BCUT2D eigenvalue weighted by Crippen LogP contribution is -2.22. The van der Waals surface area contributed by atoms with E-state index in [2.05, 4.69) is 77.3 Å². The van der Waals surface area contributed by atoms with E-state index >= 15 is 0 Å². The summed E-state index contributed by atoms with van der Waals surface area (Å²) in [6.07, 6.45) is 0.882. The molecule has 2 nitrogen and oxygen atoms in total. The number of nitrogens with zero attached hydrogens (tertiary/aromatic N) is 1. The van der Waals surface area contributed by atoms with Crippen molar-refractivity contribution in [3.05, 3.63) is 63.6 Å². The van der Waals surface area contributed by atoms with E-state index in [-0.39, 0.29) is 6.04 Å². The standard InChI is InChI=1S/C18H23BrN2/c1-13-4-6-15(7-5-13)12-21(3)18-9-8-17(19)11-16(18)10-14(2)20/h4-9,11,14H,10,12,20H2,1-3H3. The Labute approximate surface area is 136 Å². The summed E-state index contributed by atoms with van der Waals surface area (Å²) in [5, 5.41) is 0. The van der Waals surface area contributed by atoms with Crippen molar-refractivity contribution in [2.75, 3.05) is 11.9 Å². The third-order valence-corrected chi connectivity index (χ3v) is 4.03. The molecule has 0 fully saturated rings. The molecule has 21 heavy (non-hydrogen) atoms. The number of rotatable bonds is 5. The molecule has 0 spiro atoms. The predicted octanol–water partition coefficient (Wildman–Crippen LogP) is 4.28. The maximum Gasteiger partial charge on any atom is 0.0426 e. The fourth-order valence-electron chi connectivity index (χ4n) is 2.49. The highest BCUT2D eigenvalue weighted by Crippen LogP contribution is 2.26. The average Bonchev–Trinajstić information content (AvgIpc) is 2.40. The number of halogens is 1. The van der Waals surface area contributed by atoms with Gasteiger partial charge in [-0.25, -0.2) is 0 Å². The summed E-state index contributed by atoms with van der Waals surface area (Å²) in [5.41, 5.74) is 11.1. The summed E-state index contributed by atoms with van der Waals surface area (Å²) in [7, 11) is 2.13. The predicted molar refractivity (Wildman–Crippen MR) is 94.8 cm³/mol. The van der Waals surface area contributed by atoms with Crippen molar-refractivity contribution in [2.24, 2.45) is 5.73 Å². The highest BCUT2D eigenvalue weighted by molar-refractivity contribution is 9.10. The van der Waals surface area contributed by atoms with Gasteiger partial charge in [0.1, 0.15) is 0 Å². The molecule has 0 radical (unpaired) electrons. The molecule has 0 aliphatic heterocycles. The first-order valence-electron chi connectivity index (χ1n) is 7.26. The van der Waals surface area contributed by atoms with Gasteiger partial charge in [0.25, 0.3) is 0 Å². The van der Waals surface area contributed by atoms with Gasteiger partial charge < -0.3 is 10.6 Å². The zero-order valence-electron chi connectivity index (χ0n) is 12.9. The number of anilines is 1. The lowest BCUT2D eigenvalue weighted by molar-refractivity contribution is 0.734.